The number of anilines is 2. The third-order valence-electron chi connectivity index (χ3n) is 8.44. The fourth-order valence-electron chi connectivity index (χ4n) is 6.07. The second-order valence-corrected chi connectivity index (χ2v) is 11.3. The maximum atomic E-state index is 13.4. The molecule has 0 radical (unpaired) electrons. The number of benzene rings is 2. The molecule has 0 N–H and O–H groups in total. The number of fused-ring (bicyclic) bond motifs is 1. The van der Waals surface area contributed by atoms with Crippen LogP contribution in [0, 0.1) is 6.92 Å². The molecular weight excluding hydrogens is 550 g/mol. The Morgan fingerprint density at radius 1 is 0.930 bits per heavy atom. The Bertz CT molecular complexity index is 1890. The van der Waals surface area contributed by atoms with Crippen LogP contribution in [0.1, 0.15) is 34.8 Å². The molecule has 0 saturated carbocycles. The van der Waals surface area contributed by atoms with Gasteiger partial charge in [-0.25, -0.2) is 9.69 Å². The number of ketones is 1. The zero-order valence-corrected chi connectivity index (χ0v) is 24.6. The molecule has 0 bridgehead atoms. The highest BCUT2D eigenvalue weighted by atomic mass is 16.2. The molecule has 2 fully saturated rings. The third-order valence-corrected chi connectivity index (χ3v) is 8.44. The molecule has 2 saturated heterocycles. The normalized spacial score (nSPS) is 17.8. The first-order valence-corrected chi connectivity index (χ1v) is 14.2. The Morgan fingerprint density at radius 3 is 2.28 bits per heavy atom. The van der Waals surface area contributed by atoms with Gasteiger partial charge in [-0.1, -0.05) is 29.8 Å². The van der Waals surface area contributed by atoms with E-state index in [0.717, 1.165) is 15.7 Å². The highest BCUT2D eigenvalue weighted by Gasteiger charge is 2.43. The number of Topliss-reactive ketones (excluding diaryl/α,β-unsaturated/α-hetero) is 1. The highest BCUT2D eigenvalue weighted by molar-refractivity contribution is 6.22. The van der Waals surface area contributed by atoms with Gasteiger partial charge in [-0.2, -0.15) is 4.98 Å². The van der Waals surface area contributed by atoms with Crippen LogP contribution < -0.4 is 21.0 Å². The van der Waals surface area contributed by atoms with E-state index in [-0.39, 0.29) is 24.0 Å². The molecule has 43 heavy (non-hydrogen) atoms. The molecule has 4 heterocycles. The molecular formula is C31H33N7O5. The van der Waals surface area contributed by atoms with Crippen molar-refractivity contribution in [2.75, 3.05) is 36.0 Å². The monoisotopic (exact) mass is 583 g/mol. The fraction of sp³-hybridized carbons (Fsp3) is 0.355. The van der Waals surface area contributed by atoms with Crippen LogP contribution in [0.5, 0.6) is 0 Å². The first kappa shape index (κ1) is 28.3. The summed E-state index contributed by atoms with van der Waals surface area (Å²) in [5.41, 5.74) is 2.89. The molecule has 4 aromatic rings. The number of hydrogen-bond acceptors (Lipinski definition) is 8. The predicted octanol–water partition coefficient (Wildman–Crippen LogP) is 1.45. The summed E-state index contributed by atoms with van der Waals surface area (Å²) in [6.45, 7) is 5.91. The number of nitrogens with zero attached hydrogens (tertiary/aromatic N) is 7. The SMILES string of the molecule is CC(=O)c1ccc(N2C(=O)CC(N3CCN(c4nc5c(c(=O)n(C)c(=O)n5C)n4Cc4cccc(C)c4)CC3)C2=O)cc1. The van der Waals surface area contributed by atoms with E-state index in [1.165, 1.54) is 23.4 Å². The molecule has 0 spiro atoms. The van der Waals surface area contributed by atoms with E-state index >= 15 is 0 Å². The minimum Gasteiger partial charge on any atom is -0.340 e. The molecule has 0 aliphatic carbocycles. The van der Waals surface area contributed by atoms with Crippen molar-refractivity contribution in [3.8, 4) is 0 Å². The van der Waals surface area contributed by atoms with Crippen LogP contribution in [0.15, 0.2) is 58.1 Å². The lowest BCUT2D eigenvalue weighted by Crippen LogP contribution is -2.53. The summed E-state index contributed by atoms with van der Waals surface area (Å²) in [6.07, 6.45) is 0.0807. The Hall–Kier alpha value is -4.84. The minimum absolute atomic E-state index is 0.0807. The van der Waals surface area contributed by atoms with Crippen LogP contribution in [0.25, 0.3) is 11.2 Å². The van der Waals surface area contributed by atoms with Crippen LogP contribution in [0.3, 0.4) is 0 Å². The summed E-state index contributed by atoms with van der Waals surface area (Å²) in [5.74, 6) is -0.0595. The molecule has 2 aliphatic rings. The zero-order valence-electron chi connectivity index (χ0n) is 24.6. The second kappa shape index (κ2) is 10.8. The maximum Gasteiger partial charge on any atom is 0.332 e. The van der Waals surface area contributed by atoms with Crippen LogP contribution in [-0.2, 0) is 30.2 Å². The number of aromatic nitrogens is 4. The van der Waals surface area contributed by atoms with Gasteiger partial charge < -0.3 is 4.90 Å². The lowest BCUT2D eigenvalue weighted by Gasteiger charge is -2.37. The van der Waals surface area contributed by atoms with Gasteiger partial charge >= 0.3 is 5.69 Å². The van der Waals surface area contributed by atoms with Crippen LogP contribution >= 0.6 is 0 Å². The predicted molar refractivity (Wildman–Crippen MR) is 162 cm³/mol. The van der Waals surface area contributed by atoms with Crippen LogP contribution in [-0.4, -0.2) is 73.4 Å². The molecule has 1 atom stereocenters. The highest BCUT2D eigenvalue weighted by Crippen LogP contribution is 2.28. The summed E-state index contributed by atoms with van der Waals surface area (Å²) in [7, 11) is 3.07. The number of carbonyl (C=O) groups excluding carboxylic acids is 3. The van der Waals surface area contributed by atoms with Crippen molar-refractivity contribution in [3.05, 3.63) is 86.1 Å². The number of amides is 2. The Morgan fingerprint density at radius 2 is 1.63 bits per heavy atom. The average Bonchev–Trinajstić information content (AvgIpc) is 3.51. The van der Waals surface area contributed by atoms with Crippen molar-refractivity contribution < 1.29 is 14.4 Å². The first-order chi connectivity index (χ1) is 20.5. The maximum absolute atomic E-state index is 13.4. The lowest BCUT2D eigenvalue weighted by atomic mass is 10.1. The van der Waals surface area contributed by atoms with Gasteiger partial charge in [0.2, 0.25) is 11.9 Å². The summed E-state index contributed by atoms with van der Waals surface area (Å²) in [6, 6.07) is 13.9. The second-order valence-electron chi connectivity index (χ2n) is 11.3. The molecule has 12 heteroatoms. The number of hydrogen-bond donors (Lipinski definition) is 0. The van der Waals surface area contributed by atoms with Crippen LogP contribution in [0.4, 0.5) is 11.6 Å². The van der Waals surface area contributed by atoms with Gasteiger partial charge in [-0.05, 0) is 43.7 Å². The van der Waals surface area contributed by atoms with E-state index in [0.29, 0.717) is 61.1 Å². The molecule has 2 aliphatic heterocycles. The number of imide groups is 1. The standard InChI is InChI=1S/C31H33N7O5/c1-19-6-5-7-21(16-19)18-37-26-27(33(3)31(43)34(4)29(26)42)32-30(37)36-14-12-35(13-15-36)24-17-25(40)38(28(24)41)23-10-8-22(9-11-23)20(2)39/h5-11,16,24H,12-15,17-18H2,1-4H3. The molecule has 2 aromatic heterocycles. The van der Waals surface area contributed by atoms with E-state index in [4.69, 9.17) is 4.98 Å². The molecule has 12 nitrogen and oxygen atoms in total. The summed E-state index contributed by atoms with van der Waals surface area (Å²) in [4.78, 5) is 74.1. The topological polar surface area (TPSA) is 123 Å². The average molecular weight is 584 g/mol. The fourth-order valence-corrected chi connectivity index (χ4v) is 6.07. The molecule has 1 unspecified atom stereocenters. The van der Waals surface area contributed by atoms with Crippen molar-refractivity contribution in [2.45, 2.75) is 32.9 Å². The molecule has 222 valence electrons. The van der Waals surface area contributed by atoms with Crippen molar-refractivity contribution >= 4 is 40.4 Å². The van der Waals surface area contributed by atoms with E-state index < -0.39 is 17.3 Å². The number of piperazine rings is 1. The largest absolute Gasteiger partial charge is 0.340 e. The summed E-state index contributed by atoms with van der Waals surface area (Å²) in [5, 5.41) is 0. The minimum atomic E-state index is -0.582. The van der Waals surface area contributed by atoms with Gasteiger partial charge in [0.15, 0.2) is 16.9 Å². The van der Waals surface area contributed by atoms with Gasteiger partial charge in [0.05, 0.1) is 24.7 Å². The van der Waals surface area contributed by atoms with Gasteiger partial charge in [0, 0.05) is 45.8 Å². The summed E-state index contributed by atoms with van der Waals surface area (Å²) < 4.78 is 4.36. The Balaban J connectivity index is 1.27. The van der Waals surface area contributed by atoms with Crippen molar-refractivity contribution in [1.82, 2.24) is 23.6 Å². The number of rotatable bonds is 6. The number of carbonyl (C=O) groups is 3. The first-order valence-electron chi connectivity index (χ1n) is 14.2. The molecule has 2 aromatic carbocycles. The Labute approximate surface area is 247 Å². The molecule has 6 rings (SSSR count). The number of aryl methyl sites for hydroxylation is 2. The lowest BCUT2D eigenvalue weighted by molar-refractivity contribution is -0.123. The van der Waals surface area contributed by atoms with E-state index in [2.05, 4.69) is 11.0 Å². The molecule has 2 amide bonds. The van der Waals surface area contributed by atoms with E-state index in [1.54, 1.807) is 31.3 Å². The third kappa shape index (κ3) is 4.87. The van der Waals surface area contributed by atoms with Crippen molar-refractivity contribution in [1.29, 1.82) is 0 Å². The Kier molecular flexibility index (Phi) is 7.09. The van der Waals surface area contributed by atoms with E-state index in [9.17, 15) is 24.0 Å². The van der Waals surface area contributed by atoms with E-state index in [1.807, 2.05) is 34.6 Å². The number of imidazole rings is 1. The van der Waals surface area contributed by atoms with Gasteiger partial charge in [-0.3, -0.25) is 37.8 Å². The van der Waals surface area contributed by atoms with Gasteiger partial charge in [0.1, 0.15) is 0 Å². The smallest absolute Gasteiger partial charge is 0.332 e. The van der Waals surface area contributed by atoms with Crippen molar-refractivity contribution in [2.24, 2.45) is 14.1 Å². The zero-order chi connectivity index (χ0) is 30.6. The van der Waals surface area contributed by atoms with Gasteiger partial charge in [0.25, 0.3) is 11.5 Å². The quantitative estimate of drug-likeness (QED) is 0.247. The van der Waals surface area contributed by atoms with Gasteiger partial charge in [-0.15, -0.1) is 0 Å². The van der Waals surface area contributed by atoms with Crippen molar-refractivity contribution in [3.63, 3.8) is 0 Å². The van der Waals surface area contributed by atoms with Crippen LogP contribution in [0.2, 0.25) is 0 Å². The summed E-state index contributed by atoms with van der Waals surface area (Å²) >= 11 is 0.